The van der Waals surface area contributed by atoms with Gasteiger partial charge in [0, 0.05) is 31.4 Å². The molecule has 0 radical (unpaired) electrons. The Balaban J connectivity index is 2.74. The predicted octanol–water partition coefficient (Wildman–Crippen LogP) is 3.54. The fourth-order valence-corrected chi connectivity index (χ4v) is 2.62. The second-order valence-electron chi connectivity index (χ2n) is 5.87. The lowest BCUT2D eigenvalue weighted by molar-refractivity contribution is 0.529. The van der Waals surface area contributed by atoms with E-state index in [4.69, 9.17) is 0 Å². The van der Waals surface area contributed by atoms with Crippen molar-refractivity contribution in [1.29, 1.82) is 0 Å². The third-order valence-corrected chi connectivity index (χ3v) is 4.20. The average molecular weight is 313 g/mol. The Morgan fingerprint density at radius 2 is 2.10 bits per heavy atom. The van der Waals surface area contributed by atoms with Crippen molar-refractivity contribution >= 4 is 17.6 Å². The summed E-state index contributed by atoms with van der Waals surface area (Å²) < 4.78 is 14.6. The monoisotopic (exact) mass is 313 g/mol. The van der Waals surface area contributed by atoms with Crippen LogP contribution in [0.1, 0.15) is 32.8 Å². The molecule has 0 spiro atoms. The van der Waals surface area contributed by atoms with Crippen LogP contribution >= 0.6 is 11.8 Å². The second-order valence-corrected chi connectivity index (χ2v) is 6.86. The minimum Gasteiger partial charge on any atom is -0.355 e. The molecule has 0 amide bonds. The number of aromatic nitrogens is 1. The summed E-state index contributed by atoms with van der Waals surface area (Å²) >= 11 is 1.81. The van der Waals surface area contributed by atoms with Gasteiger partial charge in [0.25, 0.3) is 0 Å². The normalized spacial score (nSPS) is 12.7. The summed E-state index contributed by atoms with van der Waals surface area (Å²) in [5.74, 6) is 1.88. The zero-order valence-electron chi connectivity index (χ0n) is 13.8. The minimum atomic E-state index is -0.202. The van der Waals surface area contributed by atoms with Gasteiger partial charge in [-0.2, -0.15) is 11.8 Å². The van der Waals surface area contributed by atoms with Gasteiger partial charge >= 0.3 is 0 Å². The zero-order valence-corrected chi connectivity index (χ0v) is 14.6. The maximum absolute atomic E-state index is 14.6. The fraction of sp³-hybridized carbons (Fsp3) is 0.688. The number of nitrogens with one attached hydrogen (secondary N) is 1. The van der Waals surface area contributed by atoms with Gasteiger partial charge in [0.1, 0.15) is 0 Å². The Hall–Kier alpha value is -0.810. The number of pyridine rings is 1. The van der Waals surface area contributed by atoms with E-state index in [0.29, 0.717) is 23.8 Å². The van der Waals surface area contributed by atoms with Crippen molar-refractivity contribution < 1.29 is 4.39 Å². The van der Waals surface area contributed by atoms with Gasteiger partial charge in [-0.15, -0.1) is 0 Å². The van der Waals surface area contributed by atoms with Gasteiger partial charge in [0.15, 0.2) is 11.6 Å². The average Bonchev–Trinajstić information content (AvgIpc) is 2.45. The molecule has 0 saturated heterocycles. The minimum absolute atomic E-state index is 0.202. The molecule has 1 N–H and O–H groups in total. The highest BCUT2D eigenvalue weighted by molar-refractivity contribution is 7.98. The van der Waals surface area contributed by atoms with E-state index in [2.05, 4.69) is 37.3 Å². The molecule has 5 heteroatoms. The van der Waals surface area contributed by atoms with E-state index in [1.165, 1.54) is 0 Å². The summed E-state index contributed by atoms with van der Waals surface area (Å²) in [5, 5.41) is 3.28. The number of nitrogens with zero attached hydrogens (tertiary/aromatic N) is 2. The number of hydrogen-bond donors (Lipinski definition) is 1. The third-order valence-electron chi connectivity index (χ3n) is 3.55. The molecule has 21 heavy (non-hydrogen) atoms. The summed E-state index contributed by atoms with van der Waals surface area (Å²) in [6.07, 6.45) is 4.81. The van der Waals surface area contributed by atoms with Crippen LogP contribution in [-0.4, -0.2) is 36.6 Å². The fourth-order valence-electron chi connectivity index (χ4n) is 2.04. The smallest absolute Gasteiger partial charge is 0.170 e. The topological polar surface area (TPSA) is 28.2 Å². The summed E-state index contributed by atoms with van der Waals surface area (Å²) in [6, 6.07) is 2.03. The van der Waals surface area contributed by atoms with Crippen molar-refractivity contribution in [2.24, 2.45) is 5.92 Å². The molecular weight excluding hydrogens is 285 g/mol. The van der Waals surface area contributed by atoms with Crippen LogP contribution in [0, 0.1) is 11.7 Å². The predicted molar refractivity (Wildman–Crippen MR) is 91.6 cm³/mol. The van der Waals surface area contributed by atoms with Gasteiger partial charge in [-0.05, 0) is 43.9 Å². The first-order chi connectivity index (χ1) is 9.97. The summed E-state index contributed by atoms with van der Waals surface area (Å²) in [6.45, 7) is 7.83. The molecule has 1 aromatic rings. The Morgan fingerprint density at radius 1 is 1.38 bits per heavy atom. The molecule has 0 aliphatic rings. The molecule has 1 unspecified atom stereocenters. The Morgan fingerprint density at radius 3 is 2.71 bits per heavy atom. The van der Waals surface area contributed by atoms with Gasteiger partial charge in [-0.3, -0.25) is 0 Å². The summed E-state index contributed by atoms with van der Waals surface area (Å²) in [4.78, 5) is 6.17. The van der Waals surface area contributed by atoms with E-state index >= 15 is 0 Å². The molecule has 1 atom stereocenters. The van der Waals surface area contributed by atoms with E-state index in [0.717, 1.165) is 18.7 Å². The molecule has 3 nitrogen and oxygen atoms in total. The Labute approximate surface area is 132 Å². The second kappa shape index (κ2) is 9.26. The third kappa shape index (κ3) is 5.83. The summed E-state index contributed by atoms with van der Waals surface area (Å²) in [5.41, 5.74) is 0.685. The van der Waals surface area contributed by atoms with Crippen LogP contribution in [0.3, 0.4) is 0 Å². The van der Waals surface area contributed by atoms with E-state index in [1.807, 2.05) is 23.7 Å². The van der Waals surface area contributed by atoms with Crippen molar-refractivity contribution in [3.8, 4) is 0 Å². The lowest BCUT2D eigenvalue weighted by Gasteiger charge is -2.26. The SMILES string of the molecule is CSCCC(C)N(C)c1nccc(CNCC(C)C)c1F. The van der Waals surface area contributed by atoms with E-state index < -0.39 is 0 Å². The maximum atomic E-state index is 14.6. The first-order valence-electron chi connectivity index (χ1n) is 7.53. The van der Waals surface area contributed by atoms with Gasteiger partial charge < -0.3 is 10.2 Å². The van der Waals surface area contributed by atoms with Crippen LogP contribution in [0.25, 0.3) is 0 Å². The van der Waals surface area contributed by atoms with E-state index in [9.17, 15) is 4.39 Å². The molecule has 0 saturated carbocycles. The first-order valence-corrected chi connectivity index (χ1v) is 8.92. The van der Waals surface area contributed by atoms with Crippen LogP contribution in [-0.2, 0) is 6.54 Å². The molecule has 0 bridgehead atoms. The van der Waals surface area contributed by atoms with Crippen molar-refractivity contribution in [2.45, 2.75) is 39.8 Å². The van der Waals surface area contributed by atoms with Crippen LogP contribution in [0.4, 0.5) is 10.2 Å². The van der Waals surface area contributed by atoms with E-state index in [-0.39, 0.29) is 11.9 Å². The summed E-state index contributed by atoms with van der Waals surface area (Å²) in [7, 11) is 1.92. The molecule has 0 aliphatic heterocycles. The molecule has 0 aliphatic carbocycles. The lowest BCUT2D eigenvalue weighted by atomic mass is 10.2. The Kier molecular flexibility index (Phi) is 8.04. The highest BCUT2D eigenvalue weighted by atomic mass is 32.2. The quantitative estimate of drug-likeness (QED) is 0.755. The molecule has 1 heterocycles. The number of halogens is 1. The molecule has 120 valence electrons. The number of thioether (sulfide) groups is 1. The van der Waals surface area contributed by atoms with Gasteiger partial charge in [0.05, 0.1) is 0 Å². The highest BCUT2D eigenvalue weighted by Crippen LogP contribution is 2.21. The number of anilines is 1. The van der Waals surface area contributed by atoms with Crippen LogP contribution in [0.2, 0.25) is 0 Å². The molecular formula is C16H28FN3S. The van der Waals surface area contributed by atoms with Crippen molar-refractivity contribution in [2.75, 3.05) is 30.5 Å². The standard InChI is InChI=1S/C16H28FN3S/c1-12(2)10-18-11-14-6-8-19-16(15(14)17)20(4)13(3)7-9-21-5/h6,8,12-13,18H,7,9-11H2,1-5H3. The molecule has 1 aromatic heterocycles. The van der Waals surface area contributed by atoms with Gasteiger partial charge in [-0.25, -0.2) is 9.37 Å². The molecule has 1 rings (SSSR count). The molecule has 0 fully saturated rings. The maximum Gasteiger partial charge on any atom is 0.170 e. The van der Waals surface area contributed by atoms with Gasteiger partial charge in [0.2, 0.25) is 0 Å². The van der Waals surface area contributed by atoms with Crippen LogP contribution in [0.5, 0.6) is 0 Å². The zero-order chi connectivity index (χ0) is 15.8. The Bertz CT molecular complexity index is 426. The van der Waals surface area contributed by atoms with Crippen molar-refractivity contribution in [3.63, 3.8) is 0 Å². The van der Waals surface area contributed by atoms with Gasteiger partial charge in [-0.1, -0.05) is 13.8 Å². The largest absolute Gasteiger partial charge is 0.355 e. The molecule has 0 aromatic carbocycles. The van der Waals surface area contributed by atoms with Crippen molar-refractivity contribution in [3.05, 3.63) is 23.6 Å². The van der Waals surface area contributed by atoms with Crippen LogP contribution in [0.15, 0.2) is 12.3 Å². The van der Waals surface area contributed by atoms with Crippen LogP contribution < -0.4 is 10.2 Å². The van der Waals surface area contributed by atoms with E-state index in [1.54, 1.807) is 12.3 Å². The first kappa shape index (κ1) is 18.2. The number of hydrogen-bond acceptors (Lipinski definition) is 4. The number of rotatable bonds is 9. The highest BCUT2D eigenvalue weighted by Gasteiger charge is 2.17. The van der Waals surface area contributed by atoms with Crippen molar-refractivity contribution in [1.82, 2.24) is 10.3 Å². The lowest BCUT2D eigenvalue weighted by Crippen LogP contribution is -2.31.